The summed E-state index contributed by atoms with van der Waals surface area (Å²) >= 11 is 0. The molecule has 0 fully saturated rings. The third-order valence-electron chi connectivity index (χ3n) is 2.73. The van der Waals surface area contributed by atoms with E-state index in [9.17, 15) is 19.2 Å². The molecule has 0 aromatic heterocycles. The summed E-state index contributed by atoms with van der Waals surface area (Å²) in [6.07, 6.45) is 0.0628. The molecule has 0 amide bonds. The van der Waals surface area contributed by atoms with Crippen molar-refractivity contribution in [1.29, 1.82) is 0 Å². The standard InChI is InChI=1S/C12H18O5/c1-7(13)4-5-10(8(2)14)11(9(3)15)6-12(16)17/h10-11H,4-6H2,1-3H3,(H,16,17). The maximum Gasteiger partial charge on any atom is 0.304 e. The Balaban J connectivity index is 4.83. The Morgan fingerprint density at radius 3 is 1.71 bits per heavy atom. The Morgan fingerprint density at radius 2 is 1.41 bits per heavy atom. The highest BCUT2D eigenvalue weighted by Gasteiger charge is 2.31. The van der Waals surface area contributed by atoms with Gasteiger partial charge in [-0.2, -0.15) is 0 Å². The van der Waals surface area contributed by atoms with Gasteiger partial charge in [0.2, 0.25) is 0 Å². The Labute approximate surface area is 100 Å². The lowest BCUT2D eigenvalue weighted by molar-refractivity contribution is -0.142. The van der Waals surface area contributed by atoms with E-state index < -0.39 is 17.8 Å². The van der Waals surface area contributed by atoms with E-state index in [0.29, 0.717) is 0 Å². The molecule has 0 saturated heterocycles. The third kappa shape index (κ3) is 5.94. The Bertz CT molecular complexity index is 332. The third-order valence-corrected chi connectivity index (χ3v) is 2.73. The van der Waals surface area contributed by atoms with Crippen molar-refractivity contribution in [2.24, 2.45) is 11.8 Å². The van der Waals surface area contributed by atoms with Gasteiger partial charge >= 0.3 is 5.97 Å². The quantitative estimate of drug-likeness (QED) is 0.691. The first-order valence-electron chi connectivity index (χ1n) is 5.47. The first kappa shape index (κ1) is 15.5. The predicted molar refractivity (Wildman–Crippen MR) is 60.5 cm³/mol. The van der Waals surface area contributed by atoms with E-state index in [4.69, 9.17) is 5.11 Å². The average molecular weight is 242 g/mol. The maximum atomic E-state index is 11.4. The lowest BCUT2D eigenvalue weighted by Gasteiger charge is -2.21. The highest BCUT2D eigenvalue weighted by Crippen LogP contribution is 2.23. The SMILES string of the molecule is CC(=O)CCC(C(C)=O)C(CC(=O)O)C(C)=O. The summed E-state index contributed by atoms with van der Waals surface area (Å²) in [5.41, 5.74) is 0. The minimum Gasteiger partial charge on any atom is -0.481 e. The monoisotopic (exact) mass is 242 g/mol. The minimum absolute atomic E-state index is 0.0751. The summed E-state index contributed by atoms with van der Waals surface area (Å²) in [7, 11) is 0. The number of carbonyl (C=O) groups is 4. The Hall–Kier alpha value is -1.52. The summed E-state index contributed by atoms with van der Waals surface area (Å²) in [6, 6.07) is 0. The number of carboxylic acids is 1. The molecule has 96 valence electrons. The maximum absolute atomic E-state index is 11.4. The average Bonchev–Trinajstić information content (AvgIpc) is 2.14. The summed E-state index contributed by atoms with van der Waals surface area (Å²) in [4.78, 5) is 44.3. The van der Waals surface area contributed by atoms with Crippen molar-refractivity contribution in [3.05, 3.63) is 0 Å². The van der Waals surface area contributed by atoms with E-state index in [1.807, 2.05) is 0 Å². The van der Waals surface area contributed by atoms with E-state index in [-0.39, 0.29) is 36.6 Å². The molecule has 0 radical (unpaired) electrons. The van der Waals surface area contributed by atoms with Gasteiger partial charge in [0, 0.05) is 18.3 Å². The molecule has 0 saturated carbocycles. The van der Waals surface area contributed by atoms with Crippen molar-refractivity contribution in [3.63, 3.8) is 0 Å². The van der Waals surface area contributed by atoms with Gasteiger partial charge in [0.15, 0.2) is 0 Å². The van der Waals surface area contributed by atoms with Crippen LogP contribution in [0.25, 0.3) is 0 Å². The largest absolute Gasteiger partial charge is 0.481 e. The van der Waals surface area contributed by atoms with Crippen LogP contribution in [0.15, 0.2) is 0 Å². The highest BCUT2D eigenvalue weighted by molar-refractivity contribution is 5.90. The van der Waals surface area contributed by atoms with Crippen LogP contribution in [0.2, 0.25) is 0 Å². The molecule has 0 aliphatic rings. The van der Waals surface area contributed by atoms with Crippen molar-refractivity contribution in [2.75, 3.05) is 0 Å². The van der Waals surface area contributed by atoms with E-state index in [2.05, 4.69) is 0 Å². The van der Waals surface area contributed by atoms with Crippen LogP contribution in [0.1, 0.15) is 40.0 Å². The van der Waals surface area contributed by atoms with Gasteiger partial charge in [0.1, 0.15) is 17.3 Å². The molecule has 0 spiro atoms. The fourth-order valence-electron chi connectivity index (χ4n) is 1.80. The second-order valence-corrected chi connectivity index (χ2v) is 4.27. The molecule has 0 bridgehead atoms. The molecule has 1 N–H and O–H groups in total. The van der Waals surface area contributed by atoms with E-state index in [0.717, 1.165) is 0 Å². The van der Waals surface area contributed by atoms with Gasteiger partial charge in [-0.15, -0.1) is 0 Å². The Morgan fingerprint density at radius 1 is 0.941 bits per heavy atom. The highest BCUT2D eigenvalue weighted by atomic mass is 16.4. The molecule has 0 aliphatic heterocycles. The van der Waals surface area contributed by atoms with Crippen molar-refractivity contribution < 1.29 is 24.3 Å². The fraction of sp³-hybridized carbons (Fsp3) is 0.667. The normalized spacial score (nSPS) is 13.8. The number of aliphatic carboxylic acids is 1. The summed E-state index contributed by atoms with van der Waals surface area (Å²) in [6.45, 7) is 4.00. The summed E-state index contributed by atoms with van der Waals surface area (Å²) in [5.74, 6) is -3.26. The summed E-state index contributed by atoms with van der Waals surface area (Å²) in [5, 5.41) is 8.71. The van der Waals surface area contributed by atoms with Crippen molar-refractivity contribution in [3.8, 4) is 0 Å². The van der Waals surface area contributed by atoms with Crippen LogP contribution in [0.3, 0.4) is 0 Å². The molecule has 0 aromatic rings. The molecule has 2 atom stereocenters. The lowest BCUT2D eigenvalue weighted by Crippen LogP contribution is -2.30. The zero-order valence-corrected chi connectivity index (χ0v) is 10.4. The second-order valence-electron chi connectivity index (χ2n) is 4.27. The molecule has 2 unspecified atom stereocenters. The van der Waals surface area contributed by atoms with Gasteiger partial charge in [-0.1, -0.05) is 0 Å². The van der Waals surface area contributed by atoms with Crippen LogP contribution in [0.4, 0.5) is 0 Å². The van der Waals surface area contributed by atoms with Crippen LogP contribution in [-0.4, -0.2) is 28.4 Å². The van der Waals surface area contributed by atoms with Crippen LogP contribution < -0.4 is 0 Å². The first-order chi connectivity index (χ1) is 7.75. The molecule has 17 heavy (non-hydrogen) atoms. The molecular weight excluding hydrogens is 224 g/mol. The number of hydrogen-bond acceptors (Lipinski definition) is 4. The number of carbonyl (C=O) groups excluding carboxylic acids is 3. The molecule has 0 aliphatic carbocycles. The zero-order chi connectivity index (χ0) is 13.6. The topological polar surface area (TPSA) is 88.5 Å². The van der Waals surface area contributed by atoms with Gasteiger partial charge in [-0.25, -0.2) is 0 Å². The molecule has 5 nitrogen and oxygen atoms in total. The van der Waals surface area contributed by atoms with Gasteiger partial charge in [-0.05, 0) is 27.2 Å². The van der Waals surface area contributed by atoms with Crippen LogP contribution in [0, 0.1) is 11.8 Å². The van der Waals surface area contributed by atoms with Gasteiger partial charge in [0.25, 0.3) is 0 Å². The van der Waals surface area contributed by atoms with E-state index in [1.165, 1.54) is 20.8 Å². The number of ketones is 3. The first-order valence-corrected chi connectivity index (χ1v) is 5.47. The molecule has 0 rings (SSSR count). The van der Waals surface area contributed by atoms with Gasteiger partial charge < -0.3 is 9.90 Å². The van der Waals surface area contributed by atoms with Crippen LogP contribution in [-0.2, 0) is 19.2 Å². The van der Waals surface area contributed by atoms with Gasteiger partial charge in [0.05, 0.1) is 6.42 Å². The predicted octanol–water partition coefficient (Wildman–Crippen LogP) is 1.24. The molecule has 0 heterocycles. The lowest BCUT2D eigenvalue weighted by atomic mass is 9.80. The van der Waals surface area contributed by atoms with Crippen LogP contribution >= 0.6 is 0 Å². The number of rotatable bonds is 8. The van der Waals surface area contributed by atoms with E-state index >= 15 is 0 Å². The number of Topliss-reactive ketones (excluding diaryl/α,β-unsaturated/α-hetero) is 3. The van der Waals surface area contributed by atoms with Gasteiger partial charge in [-0.3, -0.25) is 14.4 Å². The summed E-state index contributed by atoms with van der Waals surface area (Å²) < 4.78 is 0. The smallest absolute Gasteiger partial charge is 0.304 e. The number of hydrogen-bond donors (Lipinski definition) is 1. The van der Waals surface area contributed by atoms with Crippen molar-refractivity contribution in [2.45, 2.75) is 40.0 Å². The molecule has 5 heteroatoms. The second kappa shape index (κ2) is 6.93. The minimum atomic E-state index is -1.11. The molecular formula is C12H18O5. The molecule has 0 aromatic carbocycles. The number of carboxylic acid groups (broad SMARTS) is 1. The Kier molecular flexibility index (Phi) is 6.31. The van der Waals surface area contributed by atoms with Crippen LogP contribution in [0.5, 0.6) is 0 Å². The fourth-order valence-corrected chi connectivity index (χ4v) is 1.80. The van der Waals surface area contributed by atoms with E-state index in [1.54, 1.807) is 0 Å². The van der Waals surface area contributed by atoms with Crippen molar-refractivity contribution >= 4 is 23.3 Å². The zero-order valence-electron chi connectivity index (χ0n) is 10.4. The van der Waals surface area contributed by atoms with Crippen molar-refractivity contribution in [1.82, 2.24) is 0 Å².